The molecule has 0 N–H and O–H groups in total. The second kappa shape index (κ2) is 2.68. The number of Topliss-reactive ketones (excluding diaryl/α,β-unsaturated/α-hetero) is 2. The Morgan fingerprint density at radius 3 is 1.83 bits per heavy atom. The van der Waals surface area contributed by atoms with Gasteiger partial charge in [0.25, 0.3) is 0 Å². The Hall–Kier alpha value is -0.660. The molecule has 2 nitrogen and oxygen atoms in total. The minimum absolute atomic E-state index is 0.210. The van der Waals surface area contributed by atoms with Gasteiger partial charge in [-0.15, -0.1) is 0 Å². The van der Waals surface area contributed by atoms with Crippen molar-refractivity contribution in [2.24, 2.45) is 17.8 Å². The molecule has 12 heavy (non-hydrogen) atoms. The number of carbonyl (C=O) groups is 2. The van der Waals surface area contributed by atoms with Crippen molar-refractivity contribution in [1.82, 2.24) is 0 Å². The van der Waals surface area contributed by atoms with E-state index in [1.165, 1.54) is 0 Å². The zero-order valence-corrected chi connectivity index (χ0v) is 7.38. The Labute approximate surface area is 72.3 Å². The van der Waals surface area contributed by atoms with E-state index in [9.17, 15) is 9.59 Å². The quantitative estimate of drug-likeness (QED) is 0.547. The third kappa shape index (κ3) is 1.01. The number of carbonyl (C=O) groups excluding carboxylic acids is 2. The van der Waals surface area contributed by atoms with E-state index in [1.807, 2.05) is 0 Å². The lowest BCUT2D eigenvalue weighted by molar-refractivity contribution is -0.138. The first-order valence-electron chi connectivity index (χ1n) is 4.75. The molecule has 0 radical (unpaired) electrons. The van der Waals surface area contributed by atoms with E-state index in [0.717, 1.165) is 12.8 Å². The molecule has 2 heteroatoms. The van der Waals surface area contributed by atoms with Crippen LogP contribution < -0.4 is 0 Å². The Kier molecular flexibility index (Phi) is 1.78. The van der Waals surface area contributed by atoms with Crippen molar-refractivity contribution in [3.8, 4) is 0 Å². The van der Waals surface area contributed by atoms with Gasteiger partial charge >= 0.3 is 0 Å². The Balaban J connectivity index is 2.23. The Morgan fingerprint density at radius 1 is 1.00 bits per heavy atom. The largest absolute Gasteiger partial charge is 0.299 e. The van der Waals surface area contributed by atoms with Crippen molar-refractivity contribution >= 4 is 11.6 Å². The number of hydrogen-bond acceptors (Lipinski definition) is 2. The van der Waals surface area contributed by atoms with Crippen molar-refractivity contribution in [3.05, 3.63) is 0 Å². The molecule has 2 bridgehead atoms. The van der Waals surface area contributed by atoms with Crippen LogP contribution >= 0.6 is 0 Å². The van der Waals surface area contributed by atoms with Crippen molar-refractivity contribution < 1.29 is 9.59 Å². The van der Waals surface area contributed by atoms with Gasteiger partial charge in [0.15, 0.2) is 0 Å². The lowest BCUT2D eigenvalue weighted by Gasteiger charge is -2.38. The van der Waals surface area contributed by atoms with Gasteiger partial charge in [-0.25, -0.2) is 0 Å². The summed E-state index contributed by atoms with van der Waals surface area (Å²) < 4.78 is 0. The van der Waals surface area contributed by atoms with Crippen molar-refractivity contribution in [2.45, 2.75) is 32.6 Å². The average molecular weight is 166 g/mol. The SMILES string of the molecule is CC1C2CCC(=O)C1CCC2=O. The minimum Gasteiger partial charge on any atom is -0.299 e. The van der Waals surface area contributed by atoms with Crippen LogP contribution in [0.1, 0.15) is 32.6 Å². The van der Waals surface area contributed by atoms with Crippen LogP contribution in [-0.2, 0) is 9.59 Å². The molecule has 2 unspecified atom stereocenters. The molecule has 0 spiro atoms. The maximum Gasteiger partial charge on any atom is 0.136 e. The molecular formula is C10H14O2. The summed E-state index contributed by atoms with van der Waals surface area (Å²) in [5.41, 5.74) is 0. The molecule has 0 aromatic heterocycles. The van der Waals surface area contributed by atoms with E-state index in [-0.39, 0.29) is 11.8 Å². The van der Waals surface area contributed by atoms with Crippen LogP contribution in [0.3, 0.4) is 0 Å². The van der Waals surface area contributed by atoms with E-state index in [2.05, 4.69) is 6.92 Å². The molecule has 0 aromatic carbocycles. The second-order valence-corrected chi connectivity index (χ2v) is 4.08. The summed E-state index contributed by atoms with van der Waals surface area (Å²) >= 11 is 0. The summed E-state index contributed by atoms with van der Waals surface area (Å²) in [7, 11) is 0. The highest BCUT2D eigenvalue weighted by molar-refractivity contribution is 5.90. The summed E-state index contributed by atoms with van der Waals surface area (Å²) in [6.07, 6.45) is 2.92. The van der Waals surface area contributed by atoms with Gasteiger partial charge in [-0.1, -0.05) is 6.92 Å². The molecule has 66 valence electrons. The summed E-state index contributed by atoms with van der Waals surface area (Å²) in [6.45, 7) is 2.06. The maximum atomic E-state index is 11.4. The van der Waals surface area contributed by atoms with E-state index < -0.39 is 0 Å². The molecule has 0 aromatic rings. The molecule has 2 atom stereocenters. The number of hydrogen-bond donors (Lipinski definition) is 0. The van der Waals surface area contributed by atoms with Crippen LogP contribution in [0.2, 0.25) is 0 Å². The van der Waals surface area contributed by atoms with Crippen LogP contribution in [0.15, 0.2) is 0 Å². The lowest BCUT2D eigenvalue weighted by Crippen LogP contribution is -2.41. The van der Waals surface area contributed by atoms with Gasteiger partial charge in [0.2, 0.25) is 0 Å². The van der Waals surface area contributed by atoms with Crippen LogP contribution in [0.4, 0.5) is 0 Å². The molecule has 2 fully saturated rings. The van der Waals surface area contributed by atoms with Gasteiger partial charge in [-0.05, 0) is 18.8 Å². The first-order valence-corrected chi connectivity index (χ1v) is 4.75. The third-order valence-electron chi connectivity index (χ3n) is 3.50. The fourth-order valence-electron chi connectivity index (χ4n) is 2.68. The van der Waals surface area contributed by atoms with Gasteiger partial charge < -0.3 is 0 Å². The van der Waals surface area contributed by atoms with Crippen LogP contribution in [-0.4, -0.2) is 11.6 Å². The van der Waals surface area contributed by atoms with E-state index in [0.29, 0.717) is 30.3 Å². The number of fused-ring (bicyclic) bond motifs is 2. The number of ketones is 2. The predicted molar refractivity (Wildman–Crippen MR) is 44.6 cm³/mol. The van der Waals surface area contributed by atoms with Gasteiger partial charge in [0.05, 0.1) is 0 Å². The molecule has 0 aliphatic heterocycles. The van der Waals surface area contributed by atoms with E-state index in [1.54, 1.807) is 0 Å². The molecule has 2 aliphatic carbocycles. The summed E-state index contributed by atoms with van der Waals surface area (Å²) in [5, 5.41) is 0. The fourth-order valence-corrected chi connectivity index (χ4v) is 2.68. The second-order valence-electron chi connectivity index (χ2n) is 4.08. The summed E-state index contributed by atoms with van der Waals surface area (Å²) in [6, 6.07) is 0. The maximum absolute atomic E-state index is 11.4. The molecule has 0 heterocycles. The third-order valence-corrected chi connectivity index (χ3v) is 3.50. The van der Waals surface area contributed by atoms with Gasteiger partial charge in [-0.3, -0.25) is 9.59 Å². The van der Waals surface area contributed by atoms with E-state index >= 15 is 0 Å². The van der Waals surface area contributed by atoms with Crippen LogP contribution in [0, 0.1) is 17.8 Å². The first kappa shape index (κ1) is 7.96. The molecular weight excluding hydrogens is 152 g/mol. The van der Waals surface area contributed by atoms with Crippen molar-refractivity contribution in [1.29, 1.82) is 0 Å². The molecule has 2 rings (SSSR count). The average Bonchev–Trinajstić information content (AvgIpc) is 2.01. The Morgan fingerprint density at radius 2 is 1.42 bits per heavy atom. The first-order chi connectivity index (χ1) is 5.70. The highest BCUT2D eigenvalue weighted by Crippen LogP contribution is 2.40. The number of rotatable bonds is 0. The monoisotopic (exact) mass is 166 g/mol. The topological polar surface area (TPSA) is 34.1 Å². The highest BCUT2D eigenvalue weighted by atomic mass is 16.1. The van der Waals surface area contributed by atoms with Gasteiger partial charge in [0.1, 0.15) is 11.6 Å². The summed E-state index contributed by atoms with van der Waals surface area (Å²) in [5.74, 6) is 1.54. The normalized spacial score (nSPS) is 41.6. The fraction of sp³-hybridized carbons (Fsp3) is 0.800. The standard InChI is InChI=1S/C10H14O2/c1-6-7-2-4-9(11)8(6)3-5-10(7)12/h6-8H,2-5H2,1H3. The predicted octanol–water partition coefficient (Wildman–Crippen LogP) is 1.58. The highest BCUT2D eigenvalue weighted by Gasteiger charge is 2.42. The molecule has 2 aliphatic rings. The molecule has 0 amide bonds. The lowest BCUT2D eigenvalue weighted by atomic mass is 9.64. The molecule has 2 saturated carbocycles. The molecule has 0 saturated heterocycles. The smallest absolute Gasteiger partial charge is 0.136 e. The van der Waals surface area contributed by atoms with Gasteiger partial charge in [-0.2, -0.15) is 0 Å². The zero-order valence-electron chi connectivity index (χ0n) is 7.38. The van der Waals surface area contributed by atoms with Crippen molar-refractivity contribution in [3.63, 3.8) is 0 Å². The van der Waals surface area contributed by atoms with Crippen LogP contribution in [0.25, 0.3) is 0 Å². The zero-order chi connectivity index (χ0) is 8.72. The van der Waals surface area contributed by atoms with Gasteiger partial charge in [0, 0.05) is 24.7 Å². The Bertz CT molecular complexity index is 208. The van der Waals surface area contributed by atoms with Crippen LogP contribution in [0.5, 0.6) is 0 Å². The van der Waals surface area contributed by atoms with E-state index in [4.69, 9.17) is 0 Å². The minimum atomic E-state index is 0.210. The summed E-state index contributed by atoms with van der Waals surface area (Å²) in [4.78, 5) is 22.8. The van der Waals surface area contributed by atoms with Crippen molar-refractivity contribution in [2.75, 3.05) is 0 Å².